The number of rotatable bonds is 0. The monoisotopic (exact) mass is 528 g/mol. The van der Waals surface area contributed by atoms with Gasteiger partial charge in [-0.25, -0.2) is 9.59 Å². The van der Waals surface area contributed by atoms with Gasteiger partial charge in [-0.1, -0.05) is 13.0 Å². The molecule has 8 rings (SSSR count). The number of ketones is 1. The van der Waals surface area contributed by atoms with Gasteiger partial charge in [0.2, 0.25) is 11.2 Å². The van der Waals surface area contributed by atoms with Gasteiger partial charge in [0.05, 0.1) is 29.5 Å². The number of fused-ring (bicyclic) bond motifs is 5. The summed E-state index contributed by atoms with van der Waals surface area (Å²) >= 11 is 0. The van der Waals surface area contributed by atoms with Crippen LogP contribution in [0.3, 0.4) is 0 Å². The molecule has 8 aliphatic rings. The largest absolute Gasteiger partial charge is 0.458 e. The number of aliphatic hydroxyl groups is 2. The molecule has 0 aromatic heterocycles. The number of allylic oxidation sites excluding steroid dienone is 1. The Kier molecular flexibility index (Phi) is 3.85. The van der Waals surface area contributed by atoms with Gasteiger partial charge in [-0.05, 0) is 69.8 Å². The van der Waals surface area contributed by atoms with E-state index in [9.17, 15) is 29.4 Å². The highest BCUT2D eigenvalue weighted by Crippen LogP contribution is 2.77. The van der Waals surface area contributed by atoms with Crippen molar-refractivity contribution in [3.8, 4) is 0 Å². The van der Waals surface area contributed by atoms with E-state index >= 15 is 0 Å². The fourth-order valence-electron chi connectivity index (χ4n) is 10.9. The molecule has 0 aromatic rings. The van der Waals surface area contributed by atoms with Crippen molar-refractivity contribution >= 4 is 23.7 Å². The van der Waals surface area contributed by atoms with Crippen molar-refractivity contribution in [1.29, 1.82) is 0 Å². The molecule has 0 unspecified atom stereocenters. The van der Waals surface area contributed by atoms with Crippen molar-refractivity contribution < 1.29 is 48.3 Å². The number of ether oxygens (including phenoxy) is 4. The first-order valence-electron chi connectivity index (χ1n) is 13.7. The third-order valence-corrected chi connectivity index (χ3v) is 12.8. The Morgan fingerprint density at radius 3 is 2.45 bits per heavy atom. The van der Waals surface area contributed by atoms with E-state index in [0.29, 0.717) is 19.3 Å². The van der Waals surface area contributed by atoms with Crippen molar-refractivity contribution in [1.82, 2.24) is 0 Å². The van der Waals surface area contributed by atoms with Gasteiger partial charge in [-0.3, -0.25) is 9.59 Å². The molecule has 12 atom stereocenters. The molecule has 10 nitrogen and oxygen atoms in total. The van der Waals surface area contributed by atoms with Gasteiger partial charge in [-0.15, -0.1) is 0 Å². The first kappa shape index (κ1) is 23.6. The number of carbonyl (C=O) groups is 4. The lowest BCUT2D eigenvalue weighted by atomic mass is 9.38. The summed E-state index contributed by atoms with van der Waals surface area (Å²) < 4.78 is 24.6. The Morgan fingerprint density at radius 2 is 1.68 bits per heavy atom. The lowest BCUT2D eigenvalue weighted by Gasteiger charge is -2.68. The average Bonchev–Trinajstić information content (AvgIpc) is 3.23. The first-order chi connectivity index (χ1) is 17.8. The lowest BCUT2D eigenvalue weighted by molar-refractivity contribution is -0.335. The van der Waals surface area contributed by atoms with E-state index in [1.165, 1.54) is 6.08 Å². The number of hydrogen-bond acceptors (Lipinski definition) is 10. The molecule has 7 fully saturated rings. The van der Waals surface area contributed by atoms with E-state index < -0.39 is 86.5 Å². The minimum Gasteiger partial charge on any atom is -0.458 e. The zero-order valence-electron chi connectivity index (χ0n) is 21.7. The van der Waals surface area contributed by atoms with Gasteiger partial charge in [0, 0.05) is 5.92 Å². The van der Waals surface area contributed by atoms with Gasteiger partial charge >= 0.3 is 17.9 Å². The topological polar surface area (TPSA) is 146 Å². The molecule has 38 heavy (non-hydrogen) atoms. The first-order valence-corrected chi connectivity index (χ1v) is 13.7. The molecule has 4 saturated heterocycles. The third-order valence-electron chi connectivity index (χ3n) is 12.8. The summed E-state index contributed by atoms with van der Waals surface area (Å²) in [5.41, 5.74) is -10.8. The van der Waals surface area contributed by atoms with Crippen LogP contribution in [-0.2, 0) is 38.1 Å². The van der Waals surface area contributed by atoms with E-state index in [2.05, 4.69) is 0 Å². The molecule has 0 aromatic carbocycles. The molecular formula is C28H32O10. The van der Waals surface area contributed by atoms with Gasteiger partial charge in [0.25, 0.3) is 0 Å². The van der Waals surface area contributed by atoms with Gasteiger partial charge < -0.3 is 29.2 Å². The van der Waals surface area contributed by atoms with Crippen LogP contribution in [0.5, 0.6) is 0 Å². The molecule has 4 aliphatic heterocycles. The van der Waals surface area contributed by atoms with Crippen LogP contribution in [0.15, 0.2) is 12.2 Å². The summed E-state index contributed by atoms with van der Waals surface area (Å²) in [6, 6.07) is 0. The Morgan fingerprint density at radius 1 is 0.947 bits per heavy atom. The lowest BCUT2D eigenvalue weighted by Crippen LogP contribution is -2.83. The summed E-state index contributed by atoms with van der Waals surface area (Å²) in [6.07, 6.45) is 3.59. The second-order valence-corrected chi connectivity index (χ2v) is 13.7. The fourth-order valence-corrected chi connectivity index (χ4v) is 10.9. The molecule has 1 spiro atoms. The Hall–Kier alpha value is -2.30. The molecule has 10 heteroatoms. The summed E-state index contributed by atoms with van der Waals surface area (Å²) in [4.78, 5) is 54.9. The van der Waals surface area contributed by atoms with Crippen molar-refractivity contribution in [2.75, 3.05) is 6.61 Å². The number of esters is 3. The zero-order chi connectivity index (χ0) is 26.9. The molecule has 2 N–H and O–H groups in total. The van der Waals surface area contributed by atoms with E-state index in [-0.39, 0.29) is 31.7 Å². The summed E-state index contributed by atoms with van der Waals surface area (Å²) in [7, 11) is 0. The Bertz CT molecular complexity index is 1290. The third kappa shape index (κ3) is 1.93. The zero-order valence-corrected chi connectivity index (χ0v) is 21.7. The maximum Gasteiger partial charge on any atom is 0.343 e. The van der Waals surface area contributed by atoms with E-state index in [1.54, 1.807) is 19.9 Å². The maximum atomic E-state index is 14.4. The van der Waals surface area contributed by atoms with Gasteiger partial charge in [0.15, 0.2) is 17.0 Å². The second-order valence-electron chi connectivity index (χ2n) is 13.7. The van der Waals surface area contributed by atoms with Crippen LogP contribution in [0.25, 0.3) is 0 Å². The Balaban J connectivity index is 1.44. The van der Waals surface area contributed by atoms with Crippen LogP contribution in [-0.4, -0.2) is 74.6 Å². The van der Waals surface area contributed by atoms with Crippen LogP contribution in [0.4, 0.5) is 0 Å². The quantitative estimate of drug-likeness (QED) is 0.341. The van der Waals surface area contributed by atoms with Gasteiger partial charge in [0.1, 0.15) is 6.10 Å². The van der Waals surface area contributed by atoms with E-state index in [1.807, 2.05) is 6.92 Å². The van der Waals surface area contributed by atoms with Crippen molar-refractivity contribution in [2.45, 2.75) is 93.4 Å². The summed E-state index contributed by atoms with van der Waals surface area (Å²) in [5, 5.41) is 24.2. The fraction of sp³-hybridized carbons (Fsp3) is 0.786. The summed E-state index contributed by atoms with van der Waals surface area (Å²) in [5.74, 6) is -5.12. The van der Waals surface area contributed by atoms with Crippen LogP contribution >= 0.6 is 0 Å². The highest BCUT2D eigenvalue weighted by atomic mass is 16.7. The molecule has 204 valence electrons. The van der Waals surface area contributed by atoms with Crippen LogP contribution in [0, 0.1) is 34.5 Å². The molecule has 4 heterocycles. The molecular weight excluding hydrogens is 496 g/mol. The second kappa shape index (κ2) is 6.20. The van der Waals surface area contributed by atoms with E-state index in [4.69, 9.17) is 18.9 Å². The number of carbonyl (C=O) groups excluding carboxylic acids is 4. The predicted molar refractivity (Wildman–Crippen MR) is 124 cm³/mol. The van der Waals surface area contributed by atoms with Crippen molar-refractivity contribution in [3.63, 3.8) is 0 Å². The van der Waals surface area contributed by atoms with Crippen LogP contribution in [0.1, 0.15) is 59.3 Å². The smallest absolute Gasteiger partial charge is 0.343 e. The maximum absolute atomic E-state index is 14.4. The minimum atomic E-state index is -2.25. The van der Waals surface area contributed by atoms with Gasteiger partial charge in [-0.2, -0.15) is 0 Å². The minimum absolute atomic E-state index is 0.0776. The molecule has 4 aliphatic carbocycles. The molecule has 4 bridgehead atoms. The van der Waals surface area contributed by atoms with Crippen molar-refractivity contribution in [3.05, 3.63) is 12.2 Å². The van der Waals surface area contributed by atoms with Crippen LogP contribution in [0.2, 0.25) is 0 Å². The highest BCUT2D eigenvalue weighted by molar-refractivity contribution is 5.98. The Labute approximate surface area is 219 Å². The van der Waals surface area contributed by atoms with Crippen molar-refractivity contribution in [2.24, 2.45) is 34.5 Å². The number of hydrogen-bond donors (Lipinski definition) is 2. The molecule has 0 radical (unpaired) electrons. The standard InChI is InChI=1S/C28H32O10/c1-22-11-17-24(3)28-19(22)27(21(32)38-28,35-12-15(22)18(30)36-17)14-6-9-25(33)8-4-5-16(29)23(25,2)13(14)7-10-26(28,34)20(31)37-24/h4-5,13-15,17,19,33-34H,6-12H2,1-3H3/t13-,14+,15-,17+,19+,22+,23-,24-,25-,26-,27-,28-/m0/s1. The van der Waals surface area contributed by atoms with E-state index in [0.717, 1.165) is 0 Å². The SMILES string of the molecule is C[C@@]12C[C@H]3OC(=O)[C@@H]1CO[C@]14C(=O)O[C@@]5([C@H]21)[C@@]3(C)OC(=O)[C@@]5(O)CC[C@H]1[C@H]4CC[C@@]2(O)CC=CC(=O)[C@]12C. The normalized spacial score (nSPS) is 61.1. The average molecular weight is 529 g/mol. The molecule has 3 saturated carbocycles. The molecule has 0 amide bonds. The highest BCUT2D eigenvalue weighted by Gasteiger charge is 2.95. The summed E-state index contributed by atoms with van der Waals surface area (Å²) in [6.45, 7) is 5.16. The van der Waals surface area contributed by atoms with Crippen LogP contribution < -0.4 is 0 Å². The predicted octanol–water partition coefficient (Wildman–Crippen LogP) is 0.752.